The molecular formula is C20H33N3O4. The van der Waals surface area contributed by atoms with Crippen LogP contribution in [0.1, 0.15) is 52.9 Å². The number of rotatable bonds is 7. The van der Waals surface area contributed by atoms with Gasteiger partial charge in [-0.1, -0.05) is 19.3 Å². The van der Waals surface area contributed by atoms with Crippen LogP contribution in [-0.4, -0.2) is 47.1 Å². The van der Waals surface area contributed by atoms with Gasteiger partial charge in [-0.25, -0.2) is 4.79 Å². The van der Waals surface area contributed by atoms with Crippen LogP contribution in [0, 0.1) is 0 Å². The smallest absolute Gasteiger partial charge is 0.319 e. The molecule has 152 valence electrons. The number of phenols is 1. The maximum Gasteiger partial charge on any atom is 0.319 e. The second-order valence-corrected chi connectivity index (χ2v) is 8.21. The molecule has 1 fully saturated rings. The lowest BCUT2D eigenvalue weighted by atomic mass is 9.96. The van der Waals surface area contributed by atoms with Crippen molar-refractivity contribution in [2.75, 3.05) is 18.5 Å². The molecule has 0 saturated heterocycles. The Labute approximate surface area is 161 Å². The molecule has 0 aromatic heterocycles. The summed E-state index contributed by atoms with van der Waals surface area (Å²) < 4.78 is 5.52. The van der Waals surface area contributed by atoms with Gasteiger partial charge in [0, 0.05) is 24.2 Å². The van der Waals surface area contributed by atoms with E-state index in [1.807, 2.05) is 20.8 Å². The summed E-state index contributed by atoms with van der Waals surface area (Å²) in [5, 5.41) is 28.9. The molecule has 2 amide bonds. The lowest BCUT2D eigenvalue weighted by Gasteiger charge is -2.23. The zero-order valence-electron chi connectivity index (χ0n) is 16.5. The van der Waals surface area contributed by atoms with Gasteiger partial charge in [0.05, 0.1) is 5.69 Å². The standard InChI is InChI=1S/C20H33N3O4/c1-20(2,3)21-12-15(24)13-27-16-9-10-17(18(25)11-16)23-19(26)22-14-7-5-4-6-8-14/h9-11,14-15,21,24-25H,4-8,12-13H2,1-3H3,(H2,22,23,26). The van der Waals surface area contributed by atoms with Crippen LogP contribution < -0.4 is 20.7 Å². The lowest BCUT2D eigenvalue weighted by Crippen LogP contribution is -2.42. The highest BCUT2D eigenvalue weighted by molar-refractivity contribution is 5.91. The fourth-order valence-electron chi connectivity index (χ4n) is 2.97. The number of amides is 2. The second-order valence-electron chi connectivity index (χ2n) is 8.21. The Morgan fingerprint density at radius 2 is 1.96 bits per heavy atom. The van der Waals surface area contributed by atoms with E-state index >= 15 is 0 Å². The molecular weight excluding hydrogens is 346 g/mol. The fraction of sp³-hybridized carbons (Fsp3) is 0.650. The van der Waals surface area contributed by atoms with Crippen LogP contribution in [0.2, 0.25) is 0 Å². The van der Waals surface area contributed by atoms with Gasteiger partial charge in [0.2, 0.25) is 0 Å². The number of aromatic hydroxyl groups is 1. The van der Waals surface area contributed by atoms with Crippen molar-refractivity contribution in [1.29, 1.82) is 0 Å². The van der Waals surface area contributed by atoms with Gasteiger partial charge in [-0.05, 0) is 45.7 Å². The Hall–Kier alpha value is -1.99. The van der Waals surface area contributed by atoms with E-state index in [0.717, 1.165) is 25.7 Å². The van der Waals surface area contributed by atoms with Crippen LogP contribution in [-0.2, 0) is 0 Å². The van der Waals surface area contributed by atoms with Gasteiger partial charge in [0.25, 0.3) is 0 Å². The van der Waals surface area contributed by atoms with Crippen LogP contribution in [0.25, 0.3) is 0 Å². The van der Waals surface area contributed by atoms with E-state index < -0.39 is 6.10 Å². The van der Waals surface area contributed by atoms with E-state index in [4.69, 9.17) is 4.74 Å². The first-order valence-electron chi connectivity index (χ1n) is 9.69. The molecule has 27 heavy (non-hydrogen) atoms. The Kier molecular flexibility index (Phi) is 7.74. The summed E-state index contributed by atoms with van der Waals surface area (Å²) >= 11 is 0. The number of carbonyl (C=O) groups excluding carboxylic acids is 1. The number of hydrogen-bond acceptors (Lipinski definition) is 5. The Morgan fingerprint density at radius 1 is 1.26 bits per heavy atom. The number of phenolic OH excluding ortho intramolecular Hbond substituents is 1. The summed E-state index contributed by atoms with van der Waals surface area (Å²) in [6.45, 7) is 6.59. The normalized spacial score (nSPS) is 16.6. The molecule has 0 spiro atoms. The minimum absolute atomic E-state index is 0.0754. The molecule has 0 heterocycles. The van der Waals surface area contributed by atoms with Gasteiger partial charge in [0.1, 0.15) is 24.2 Å². The van der Waals surface area contributed by atoms with E-state index in [2.05, 4.69) is 16.0 Å². The van der Waals surface area contributed by atoms with Gasteiger partial charge in [-0.2, -0.15) is 0 Å². The minimum atomic E-state index is -0.662. The fourth-order valence-corrected chi connectivity index (χ4v) is 2.97. The Balaban J connectivity index is 1.79. The summed E-state index contributed by atoms with van der Waals surface area (Å²) in [4.78, 5) is 12.1. The van der Waals surface area contributed by atoms with Crippen molar-refractivity contribution in [3.63, 3.8) is 0 Å². The second kappa shape index (κ2) is 9.80. The molecule has 0 aliphatic heterocycles. The highest BCUT2D eigenvalue weighted by Gasteiger charge is 2.17. The lowest BCUT2D eigenvalue weighted by molar-refractivity contribution is 0.0999. The molecule has 1 atom stereocenters. The van der Waals surface area contributed by atoms with Crippen LogP contribution in [0.4, 0.5) is 10.5 Å². The first kappa shape index (κ1) is 21.3. The highest BCUT2D eigenvalue weighted by Crippen LogP contribution is 2.28. The van der Waals surface area contributed by atoms with Gasteiger partial charge in [-0.15, -0.1) is 0 Å². The summed E-state index contributed by atoms with van der Waals surface area (Å²) in [7, 11) is 0. The van der Waals surface area contributed by atoms with Crippen molar-refractivity contribution in [2.45, 2.75) is 70.6 Å². The number of nitrogens with one attached hydrogen (secondary N) is 3. The van der Waals surface area contributed by atoms with Crippen LogP contribution in [0.5, 0.6) is 11.5 Å². The van der Waals surface area contributed by atoms with Crippen molar-refractivity contribution in [1.82, 2.24) is 10.6 Å². The monoisotopic (exact) mass is 379 g/mol. The number of benzene rings is 1. The van der Waals surface area contributed by atoms with E-state index in [0.29, 0.717) is 18.0 Å². The highest BCUT2D eigenvalue weighted by atomic mass is 16.5. The van der Waals surface area contributed by atoms with E-state index in [1.54, 1.807) is 12.1 Å². The minimum Gasteiger partial charge on any atom is -0.506 e. The Bertz CT molecular complexity index is 610. The summed E-state index contributed by atoms with van der Waals surface area (Å²) in [5.74, 6) is 0.356. The average molecular weight is 380 g/mol. The molecule has 0 radical (unpaired) electrons. The van der Waals surface area contributed by atoms with Crippen molar-refractivity contribution in [3.05, 3.63) is 18.2 Å². The molecule has 1 aliphatic carbocycles. The van der Waals surface area contributed by atoms with Crippen molar-refractivity contribution >= 4 is 11.7 Å². The van der Waals surface area contributed by atoms with Crippen molar-refractivity contribution in [2.24, 2.45) is 0 Å². The largest absolute Gasteiger partial charge is 0.506 e. The van der Waals surface area contributed by atoms with E-state index in [1.165, 1.54) is 12.5 Å². The van der Waals surface area contributed by atoms with E-state index in [9.17, 15) is 15.0 Å². The molecule has 5 N–H and O–H groups in total. The van der Waals surface area contributed by atoms with Crippen LogP contribution in [0.3, 0.4) is 0 Å². The molecule has 1 aliphatic rings. The number of anilines is 1. The van der Waals surface area contributed by atoms with Gasteiger partial charge in [-0.3, -0.25) is 0 Å². The van der Waals surface area contributed by atoms with Crippen LogP contribution in [0.15, 0.2) is 18.2 Å². The number of β-amino-alcohol motifs (C(OH)–C–C–N with tert-alkyl or cyclic N) is 1. The molecule has 7 heteroatoms. The Morgan fingerprint density at radius 3 is 2.59 bits per heavy atom. The number of aliphatic hydroxyl groups is 1. The molecule has 1 aromatic rings. The third-order valence-electron chi connectivity index (χ3n) is 4.47. The number of hydrogen-bond donors (Lipinski definition) is 5. The molecule has 1 saturated carbocycles. The SMILES string of the molecule is CC(C)(C)NCC(O)COc1ccc(NC(=O)NC2CCCCC2)c(O)c1. The number of aliphatic hydroxyl groups excluding tert-OH is 1. The molecule has 2 rings (SSSR count). The number of carbonyl (C=O) groups is 1. The van der Waals surface area contributed by atoms with Crippen LogP contribution >= 0.6 is 0 Å². The molecule has 7 nitrogen and oxygen atoms in total. The van der Waals surface area contributed by atoms with Gasteiger partial charge >= 0.3 is 6.03 Å². The molecule has 1 unspecified atom stereocenters. The van der Waals surface area contributed by atoms with Gasteiger partial charge < -0.3 is 30.9 Å². The quantitative estimate of drug-likeness (QED) is 0.469. The third-order valence-corrected chi connectivity index (χ3v) is 4.47. The summed E-state index contributed by atoms with van der Waals surface area (Å²) in [5.41, 5.74) is 0.246. The molecule has 1 aromatic carbocycles. The number of ether oxygens (including phenoxy) is 1. The zero-order valence-corrected chi connectivity index (χ0v) is 16.5. The maximum atomic E-state index is 12.1. The number of urea groups is 1. The first-order valence-corrected chi connectivity index (χ1v) is 9.69. The van der Waals surface area contributed by atoms with Crippen molar-refractivity contribution < 1.29 is 19.7 Å². The summed E-state index contributed by atoms with van der Waals surface area (Å²) in [6.07, 6.45) is 4.84. The topological polar surface area (TPSA) is 103 Å². The average Bonchev–Trinajstić information content (AvgIpc) is 2.60. The molecule has 0 bridgehead atoms. The predicted octanol–water partition coefficient (Wildman–Crippen LogP) is 2.97. The maximum absolute atomic E-state index is 12.1. The zero-order chi connectivity index (χ0) is 19.9. The van der Waals surface area contributed by atoms with Gasteiger partial charge in [0.15, 0.2) is 0 Å². The third kappa shape index (κ3) is 8.05. The van der Waals surface area contributed by atoms with Crippen molar-refractivity contribution in [3.8, 4) is 11.5 Å². The first-order chi connectivity index (χ1) is 12.7. The summed E-state index contributed by atoms with van der Waals surface area (Å²) in [6, 6.07) is 4.56. The predicted molar refractivity (Wildman–Crippen MR) is 106 cm³/mol. The van der Waals surface area contributed by atoms with E-state index in [-0.39, 0.29) is 30.0 Å².